The molecule has 0 saturated heterocycles. The second-order valence-electron chi connectivity index (χ2n) is 4.96. The van der Waals surface area contributed by atoms with Gasteiger partial charge in [-0.05, 0) is 6.42 Å². The highest BCUT2D eigenvalue weighted by Gasteiger charge is 2.18. The number of carbonyl (C=O) groups is 1. The molecule has 0 radical (unpaired) electrons. The van der Waals surface area contributed by atoms with Crippen molar-refractivity contribution in [2.75, 3.05) is 13.6 Å². The average Bonchev–Trinajstić information content (AvgIpc) is 2.03. The van der Waals surface area contributed by atoms with E-state index in [4.69, 9.17) is 0 Å². The predicted octanol–water partition coefficient (Wildman–Crippen LogP) is 2.97. The molecule has 84 valence electrons. The van der Waals surface area contributed by atoms with E-state index in [2.05, 4.69) is 20.0 Å². The zero-order valence-corrected chi connectivity index (χ0v) is 11.4. The van der Waals surface area contributed by atoms with Crippen LogP contribution in [0.25, 0.3) is 0 Å². The fourth-order valence-corrected chi connectivity index (χ4v) is 4.47. The van der Waals surface area contributed by atoms with Gasteiger partial charge in [0.05, 0.1) is 0 Å². The van der Waals surface area contributed by atoms with E-state index in [1.807, 2.05) is 11.9 Å². The van der Waals surface area contributed by atoms with E-state index in [1.165, 1.54) is 24.9 Å². The number of rotatable bonds is 6. The SMILES string of the molecule is CCC[Si](C)(C)CCCN(C)C(C)=O. The van der Waals surface area contributed by atoms with E-state index in [-0.39, 0.29) is 5.91 Å². The van der Waals surface area contributed by atoms with Gasteiger partial charge in [-0.15, -0.1) is 0 Å². The summed E-state index contributed by atoms with van der Waals surface area (Å²) in [4.78, 5) is 12.8. The first-order valence-corrected chi connectivity index (χ1v) is 9.02. The van der Waals surface area contributed by atoms with Crippen LogP contribution in [0.3, 0.4) is 0 Å². The first-order chi connectivity index (χ1) is 6.39. The molecule has 0 N–H and O–H groups in total. The minimum Gasteiger partial charge on any atom is -0.346 e. The van der Waals surface area contributed by atoms with Crippen molar-refractivity contribution in [1.29, 1.82) is 0 Å². The third-order valence-corrected chi connectivity index (χ3v) is 6.37. The van der Waals surface area contributed by atoms with E-state index in [0.29, 0.717) is 0 Å². The van der Waals surface area contributed by atoms with Crippen molar-refractivity contribution in [2.24, 2.45) is 0 Å². The summed E-state index contributed by atoms with van der Waals surface area (Å²) in [5.74, 6) is 0.181. The molecule has 0 aliphatic carbocycles. The van der Waals surface area contributed by atoms with Gasteiger partial charge < -0.3 is 4.90 Å². The Bertz CT molecular complexity index is 180. The molecule has 1 amide bonds. The first-order valence-electron chi connectivity index (χ1n) is 5.61. The van der Waals surface area contributed by atoms with E-state index in [1.54, 1.807) is 6.92 Å². The van der Waals surface area contributed by atoms with Gasteiger partial charge in [0, 0.05) is 28.6 Å². The highest BCUT2D eigenvalue weighted by molar-refractivity contribution is 6.77. The van der Waals surface area contributed by atoms with Gasteiger partial charge in [-0.25, -0.2) is 0 Å². The lowest BCUT2D eigenvalue weighted by atomic mass is 10.4. The summed E-state index contributed by atoms with van der Waals surface area (Å²) in [5.41, 5.74) is 0. The van der Waals surface area contributed by atoms with Crippen LogP contribution in [0.2, 0.25) is 25.2 Å². The van der Waals surface area contributed by atoms with Crippen molar-refractivity contribution < 1.29 is 4.79 Å². The molecule has 0 bridgehead atoms. The third kappa shape index (κ3) is 6.19. The van der Waals surface area contributed by atoms with Crippen molar-refractivity contribution >= 4 is 14.0 Å². The van der Waals surface area contributed by atoms with Crippen molar-refractivity contribution in [2.45, 2.75) is 51.9 Å². The quantitative estimate of drug-likeness (QED) is 0.624. The molecule has 0 aliphatic rings. The molecule has 0 heterocycles. The second-order valence-corrected chi connectivity index (χ2v) is 10.3. The van der Waals surface area contributed by atoms with Crippen molar-refractivity contribution in [1.82, 2.24) is 4.90 Å². The Morgan fingerprint density at radius 1 is 1.29 bits per heavy atom. The molecular weight excluding hydrogens is 190 g/mol. The van der Waals surface area contributed by atoms with Gasteiger partial charge in [-0.1, -0.05) is 38.5 Å². The van der Waals surface area contributed by atoms with Gasteiger partial charge in [0.2, 0.25) is 5.91 Å². The summed E-state index contributed by atoms with van der Waals surface area (Å²) < 4.78 is 0. The maximum absolute atomic E-state index is 11.0. The topological polar surface area (TPSA) is 20.3 Å². The number of hydrogen-bond acceptors (Lipinski definition) is 1. The first kappa shape index (κ1) is 13.7. The summed E-state index contributed by atoms with van der Waals surface area (Å²) in [6, 6.07) is 2.76. The normalized spacial score (nSPS) is 11.5. The Kier molecular flexibility index (Phi) is 6.08. The van der Waals surface area contributed by atoms with Crippen LogP contribution in [-0.2, 0) is 4.79 Å². The van der Waals surface area contributed by atoms with Crippen molar-refractivity contribution in [3.05, 3.63) is 0 Å². The largest absolute Gasteiger partial charge is 0.346 e. The molecule has 0 fully saturated rings. The van der Waals surface area contributed by atoms with Crippen LogP contribution in [-0.4, -0.2) is 32.5 Å². The Morgan fingerprint density at radius 2 is 1.86 bits per heavy atom. The highest BCUT2D eigenvalue weighted by atomic mass is 28.3. The van der Waals surface area contributed by atoms with Gasteiger partial charge in [0.1, 0.15) is 0 Å². The Labute approximate surface area is 89.7 Å². The molecule has 0 aromatic carbocycles. The molecular formula is C11H25NOSi. The fraction of sp³-hybridized carbons (Fsp3) is 0.909. The van der Waals surface area contributed by atoms with Gasteiger partial charge >= 0.3 is 0 Å². The average molecular weight is 215 g/mol. The number of hydrogen-bond donors (Lipinski definition) is 0. The summed E-state index contributed by atoms with van der Waals surface area (Å²) in [5, 5.41) is 0. The van der Waals surface area contributed by atoms with E-state index in [9.17, 15) is 4.79 Å². The lowest BCUT2D eigenvalue weighted by molar-refractivity contribution is -0.127. The van der Waals surface area contributed by atoms with Crippen LogP contribution in [0.1, 0.15) is 26.7 Å². The zero-order valence-electron chi connectivity index (χ0n) is 10.4. The zero-order chi connectivity index (χ0) is 11.2. The standard InChI is InChI=1S/C11H25NOSi/c1-6-9-14(4,5)10-7-8-12(3)11(2)13/h6-10H2,1-5H3. The predicted molar refractivity (Wildman–Crippen MR) is 65.3 cm³/mol. The Balaban J connectivity index is 3.67. The summed E-state index contributed by atoms with van der Waals surface area (Å²) in [7, 11) is 0.943. The van der Waals surface area contributed by atoms with Gasteiger partial charge in [0.15, 0.2) is 0 Å². The fourth-order valence-electron chi connectivity index (χ4n) is 1.75. The van der Waals surface area contributed by atoms with Gasteiger partial charge in [-0.3, -0.25) is 4.79 Å². The summed E-state index contributed by atoms with van der Waals surface area (Å²) in [6.07, 6.45) is 2.48. The van der Waals surface area contributed by atoms with Crippen molar-refractivity contribution in [3.8, 4) is 0 Å². The molecule has 0 aliphatic heterocycles. The van der Waals surface area contributed by atoms with Gasteiger partial charge in [0.25, 0.3) is 0 Å². The monoisotopic (exact) mass is 215 g/mol. The minimum absolute atomic E-state index is 0.181. The Morgan fingerprint density at radius 3 is 2.29 bits per heavy atom. The third-order valence-electron chi connectivity index (χ3n) is 2.81. The summed E-state index contributed by atoms with van der Waals surface area (Å²) >= 11 is 0. The molecule has 0 aromatic rings. The lowest BCUT2D eigenvalue weighted by Crippen LogP contribution is -2.29. The van der Waals surface area contributed by atoms with Crippen LogP contribution in [0.4, 0.5) is 0 Å². The van der Waals surface area contributed by atoms with Crippen LogP contribution >= 0.6 is 0 Å². The number of carbonyl (C=O) groups excluding carboxylic acids is 1. The van der Waals surface area contributed by atoms with Crippen LogP contribution < -0.4 is 0 Å². The molecule has 14 heavy (non-hydrogen) atoms. The minimum atomic E-state index is -0.943. The van der Waals surface area contributed by atoms with Crippen LogP contribution in [0, 0.1) is 0 Å². The molecule has 3 heteroatoms. The maximum Gasteiger partial charge on any atom is 0.219 e. The highest BCUT2D eigenvalue weighted by Crippen LogP contribution is 2.19. The molecule has 0 spiro atoms. The smallest absolute Gasteiger partial charge is 0.219 e. The second kappa shape index (κ2) is 6.22. The van der Waals surface area contributed by atoms with E-state index < -0.39 is 8.07 Å². The molecule has 0 aromatic heterocycles. The molecule has 2 nitrogen and oxygen atoms in total. The molecule has 0 atom stereocenters. The van der Waals surface area contributed by atoms with Crippen LogP contribution in [0.5, 0.6) is 0 Å². The van der Waals surface area contributed by atoms with Gasteiger partial charge in [-0.2, -0.15) is 0 Å². The van der Waals surface area contributed by atoms with E-state index >= 15 is 0 Å². The van der Waals surface area contributed by atoms with E-state index in [0.717, 1.165) is 6.54 Å². The summed E-state index contributed by atoms with van der Waals surface area (Å²) in [6.45, 7) is 9.72. The Hall–Kier alpha value is -0.313. The molecule has 0 unspecified atom stereocenters. The number of amides is 1. The molecule has 0 saturated carbocycles. The lowest BCUT2D eigenvalue weighted by Gasteiger charge is -2.23. The molecule has 0 rings (SSSR count). The van der Waals surface area contributed by atoms with Crippen LogP contribution in [0.15, 0.2) is 0 Å². The maximum atomic E-state index is 11.0. The van der Waals surface area contributed by atoms with Crippen molar-refractivity contribution in [3.63, 3.8) is 0 Å². The number of nitrogens with zero attached hydrogens (tertiary/aromatic N) is 1.